The van der Waals surface area contributed by atoms with Crippen LogP contribution in [0.5, 0.6) is 0 Å². The molecule has 3 aromatic rings. The molecule has 23 heavy (non-hydrogen) atoms. The Hall–Kier alpha value is -2.06. The van der Waals surface area contributed by atoms with E-state index in [0.29, 0.717) is 0 Å². The van der Waals surface area contributed by atoms with Crippen LogP contribution < -0.4 is 0 Å². The topological polar surface area (TPSA) is 64.3 Å². The predicted octanol–water partition coefficient (Wildman–Crippen LogP) is 3.16. The number of alkyl halides is 3. The summed E-state index contributed by atoms with van der Waals surface area (Å²) in [5, 5.41) is 0.0259. The maximum atomic E-state index is 13.5. The SMILES string of the molecule is Cc1cc(C(F)(F)Cl)n2ncc(S(=O)(=O)c3ccccc3)c2n1. The largest absolute Gasteiger partial charge is 0.364 e. The Kier molecular flexibility index (Phi) is 3.61. The lowest BCUT2D eigenvalue weighted by Gasteiger charge is -2.11. The van der Waals surface area contributed by atoms with Crippen LogP contribution in [0, 0.1) is 6.92 Å². The van der Waals surface area contributed by atoms with E-state index in [2.05, 4.69) is 10.1 Å². The standard InChI is InChI=1S/C14H10ClF2N3O2S/c1-9-7-12(14(15,16)17)20-13(19-9)11(8-18-20)23(21,22)10-5-3-2-4-6-10/h2-8H,1H3. The first-order chi connectivity index (χ1) is 10.7. The third-order valence-corrected chi connectivity index (χ3v) is 5.15. The average molecular weight is 358 g/mol. The molecule has 0 atom stereocenters. The Balaban J connectivity index is 2.31. The molecule has 120 valence electrons. The molecule has 5 nitrogen and oxygen atoms in total. The van der Waals surface area contributed by atoms with Gasteiger partial charge in [-0.3, -0.25) is 0 Å². The second-order valence-corrected chi connectivity index (χ2v) is 7.23. The highest BCUT2D eigenvalue weighted by atomic mass is 35.5. The zero-order chi connectivity index (χ0) is 16.8. The number of rotatable bonds is 3. The van der Waals surface area contributed by atoms with Gasteiger partial charge in [0.1, 0.15) is 10.6 Å². The quantitative estimate of drug-likeness (QED) is 0.675. The van der Waals surface area contributed by atoms with Crippen molar-refractivity contribution >= 4 is 27.1 Å². The number of sulfone groups is 1. The lowest BCUT2D eigenvalue weighted by molar-refractivity contribution is 0.0871. The van der Waals surface area contributed by atoms with Crippen molar-refractivity contribution in [1.82, 2.24) is 14.6 Å². The molecule has 2 heterocycles. The van der Waals surface area contributed by atoms with E-state index < -0.39 is 20.9 Å². The maximum Gasteiger partial charge on any atom is 0.364 e. The molecule has 0 fully saturated rings. The van der Waals surface area contributed by atoms with Crippen molar-refractivity contribution in [2.45, 2.75) is 22.1 Å². The molecule has 0 unspecified atom stereocenters. The summed E-state index contributed by atoms with van der Waals surface area (Å²) in [5.74, 6) is 0. The molecule has 1 aromatic carbocycles. The summed E-state index contributed by atoms with van der Waals surface area (Å²) in [7, 11) is -3.94. The number of hydrogen-bond donors (Lipinski definition) is 0. The number of hydrogen-bond acceptors (Lipinski definition) is 4. The van der Waals surface area contributed by atoms with Gasteiger partial charge in [-0.25, -0.2) is 17.9 Å². The first-order valence-electron chi connectivity index (χ1n) is 6.44. The van der Waals surface area contributed by atoms with Crippen LogP contribution in [-0.4, -0.2) is 23.0 Å². The molecule has 3 rings (SSSR count). The van der Waals surface area contributed by atoms with E-state index in [1.165, 1.54) is 19.1 Å². The van der Waals surface area contributed by atoms with E-state index >= 15 is 0 Å². The Bertz CT molecular complexity index is 982. The molecule has 0 bridgehead atoms. The Morgan fingerprint density at radius 2 is 1.87 bits per heavy atom. The molecule has 0 spiro atoms. The van der Waals surface area contributed by atoms with Crippen molar-refractivity contribution in [3.05, 3.63) is 54.0 Å². The van der Waals surface area contributed by atoms with Crippen molar-refractivity contribution in [1.29, 1.82) is 0 Å². The Morgan fingerprint density at radius 1 is 1.22 bits per heavy atom. The first kappa shape index (κ1) is 15.8. The highest BCUT2D eigenvalue weighted by Crippen LogP contribution is 2.34. The fourth-order valence-electron chi connectivity index (χ4n) is 2.18. The van der Waals surface area contributed by atoms with Gasteiger partial charge in [0.05, 0.1) is 11.1 Å². The average Bonchev–Trinajstić information content (AvgIpc) is 2.90. The van der Waals surface area contributed by atoms with Gasteiger partial charge in [-0.15, -0.1) is 0 Å². The summed E-state index contributed by atoms with van der Waals surface area (Å²) in [4.78, 5) is 3.80. The van der Waals surface area contributed by atoms with E-state index in [1.54, 1.807) is 18.2 Å². The van der Waals surface area contributed by atoms with Crippen molar-refractivity contribution in [2.75, 3.05) is 0 Å². The molecular formula is C14H10ClF2N3O2S. The monoisotopic (exact) mass is 357 g/mol. The fourth-order valence-corrected chi connectivity index (χ4v) is 3.64. The van der Waals surface area contributed by atoms with Crippen LogP contribution in [0.1, 0.15) is 11.4 Å². The van der Waals surface area contributed by atoms with E-state index in [0.717, 1.165) is 16.8 Å². The van der Waals surface area contributed by atoms with Crippen LogP contribution in [0.15, 0.2) is 52.4 Å². The summed E-state index contributed by atoms with van der Waals surface area (Å²) >= 11 is 5.08. The normalized spacial score (nSPS) is 12.7. The molecule has 0 aliphatic rings. The second kappa shape index (κ2) is 5.24. The number of benzene rings is 1. The minimum absolute atomic E-state index is 0.0254. The van der Waals surface area contributed by atoms with Gasteiger partial charge < -0.3 is 0 Å². The van der Waals surface area contributed by atoms with Crippen LogP contribution in [0.25, 0.3) is 5.65 Å². The third-order valence-electron chi connectivity index (χ3n) is 3.20. The van der Waals surface area contributed by atoms with Crippen molar-refractivity contribution in [3.8, 4) is 0 Å². The molecule has 0 aliphatic carbocycles. The molecule has 9 heteroatoms. The van der Waals surface area contributed by atoms with Gasteiger partial charge in [-0.1, -0.05) is 18.2 Å². The number of nitrogens with zero attached hydrogens (tertiary/aromatic N) is 3. The lowest BCUT2D eigenvalue weighted by atomic mass is 10.3. The minimum atomic E-state index is -3.94. The molecule has 2 aromatic heterocycles. The number of halogens is 3. The fraction of sp³-hybridized carbons (Fsp3) is 0.143. The molecule has 0 radical (unpaired) electrons. The molecule has 0 N–H and O–H groups in total. The van der Waals surface area contributed by atoms with E-state index in [9.17, 15) is 17.2 Å². The Morgan fingerprint density at radius 3 is 2.48 bits per heavy atom. The maximum absolute atomic E-state index is 13.5. The number of aromatic nitrogens is 3. The summed E-state index contributed by atoms with van der Waals surface area (Å²) in [5.41, 5.74) is -0.627. The lowest BCUT2D eigenvalue weighted by Crippen LogP contribution is -2.13. The van der Waals surface area contributed by atoms with Gasteiger partial charge in [0.15, 0.2) is 5.65 Å². The number of aryl methyl sites for hydroxylation is 1. The van der Waals surface area contributed by atoms with Crippen LogP contribution in [-0.2, 0) is 15.2 Å². The minimum Gasteiger partial charge on any atom is -0.233 e. The van der Waals surface area contributed by atoms with Gasteiger partial charge in [0.25, 0.3) is 0 Å². The smallest absolute Gasteiger partial charge is 0.233 e. The molecule has 0 saturated carbocycles. The van der Waals surface area contributed by atoms with Gasteiger partial charge in [0.2, 0.25) is 9.84 Å². The van der Waals surface area contributed by atoms with Crippen molar-refractivity contribution in [3.63, 3.8) is 0 Å². The molecular weight excluding hydrogens is 348 g/mol. The van der Waals surface area contributed by atoms with Gasteiger partial charge in [-0.05, 0) is 36.7 Å². The van der Waals surface area contributed by atoms with Gasteiger partial charge >= 0.3 is 5.38 Å². The zero-order valence-electron chi connectivity index (χ0n) is 11.7. The number of fused-ring (bicyclic) bond motifs is 1. The molecule has 0 amide bonds. The second-order valence-electron chi connectivity index (χ2n) is 4.84. The predicted molar refractivity (Wildman–Crippen MR) is 79.4 cm³/mol. The summed E-state index contributed by atoms with van der Waals surface area (Å²) in [6, 6.07) is 8.68. The third kappa shape index (κ3) is 2.68. The highest BCUT2D eigenvalue weighted by molar-refractivity contribution is 7.91. The van der Waals surface area contributed by atoms with Gasteiger partial charge in [-0.2, -0.15) is 13.9 Å². The molecule has 0 aliphatic heterocycles. The van der Waals surface area contributed by atoms with Crippen molar-refractivity contribution in [2.24, 2.45) is 0 Å². The van der Waals surface area contributed by atoms with Gasteiger partial charge in [0, 0.05) is 5.69 Å². The first-order valence-corrected chi connectivity index (χ1v) is 8.30. The summed E-state index contributed by atoms with van der Waals surface area (Å²) in [6.45, 7) is 1.47. The molecule has 0 saturated heterocycles. The summed E-state index contributed by atoms with van der Waals surface area (Å²) < 4.78 is 53.1. The van der Waals surface area contributed by atoms with E-state index in [4.69, 9.17) is 11.6 Å². The van der Waals surface area contributed by atoms with Crippen LogP contribution in [0.2, 0.25) is 0 Å². The van der Waals surface area contributed by atoms with E-state index in [-0.39, 0.29) is 21.1 Å². The van der Waals surface area contributed by atoms with Crippen LogP contribution >= 0.6 is 11.6 Å². The van der Waals surface area contributed by atoms with E-state index in [1.807, 2.05) is 0 Å². The van der Waals surface area contributed by atoms with Crippen LogP contribution in [0.4, 0.5) is 8.78 Å². The van der Waals surface area contributed by atoms with Crippen molar-refractivity contribution < 1.29 is 17.2 Å². The highest BCUT2D eigenvalue weighted by Gasteiger charge is 2.34. The van der Waals surface area contributed by atoms with Crippen LogP contribution in [0.3, 0.4) is 0 Å². The zero-order valence-corrected chi connectivity index (χ0v) is 13.3. The summed E-state index contributed by atoms with van der Waals surface area (Å²) in [6.07, 6.45) is 0.996. The Labute approximate surface area is 135 Å².